The molecule has 0 saturated carbocycles. The summed E-state index contributed by atoms with van der Waals surface area (Å²) in [6.07, 6.45) is 2.58. The van der Waals surface area contributed by atoms with Gasteiger partial charge in [-0.1, -0.05) is 12.1 Å². The Kier molecular flexibility index (Phi) is 5.91. The van der Waals surface area contributed by atoms with Crippen LogP contribution in [0.15, 0.2) is 30.5 Å². The van der Waals surface area contributed by atoms with E-state index in [1.807, 2.05) is 24.3 Å². The Balaban J connectivity index is 1.52. The first-order chi connectivity index (χ1) is 14.1. The maximum Gasteiger partial charge on any atom is 0.154 e. The number of carbonyl (C=O) groups excluding carboxylic acids is 1. The molecule has 0 bridgehead atoms. The molecule has 1 N–H and O–H groups in total. The van der Waals surface area contributed by atoms with Gasteiger partial charge in [0.2, 0.25) is 0 Å². The molecule has 0 amide bonds. The molecule has 3 heterocycles. The summed E-state index contributed by atoms with van der Waals surface area (Å²) in [5, 5.41) is 13.9. The van der Waals surface area contributed by atoms with Crippen molar-refractivity contribution in [1.82, 2.24) is 20.1 Å². The molecule has 29 heavy (non-hydrogen) atoms. The Bertz CT molecular complexity index is 929. The minimum absolute atomic E-state index is 0.0192. The fourth-order valence-electron chi connectivity index (χ4n) is 4.77. The highest BCUT2D eigenvalue weighted by atomic mass is 16.1. The van der Waals surface area contributed by atoms with Gasteiger partial charge < -0.3 is 10.2 Å². The van der Waals surface area contributed by atoms with Gasteiger partial charge in [0.15, 0.2) is 5.78 Å². The van der Waals surface area contributed by atoms with Gasteiger partial charge in [0.25, 0.3) is 0 Å². The molecule has 152 valence electrons. The first-order valence-corrected chi connectivity index (χ1v) is 10.5. The molecular weight excluding hydrogens is 362 g/mol. The lowest BCUT2D eigenvalue weighted by molar-refractivity contribution is -0.129. The van der Waals surface area contributed by atoms with Crippen molar-refractivity contribution in [3.63, 3.8) is 0 Å². The third-order valence-corrected chi connectivity index (χ3v) is 6.61. The Hall–Kier alpha value is -2.33. The van der Waals surface area contributed by atoms with Gasteiger partial charge in [-0.15, -0.1) is 0 Å². The second kappa shape index (κ2) is 8.58. The summed E-state index contributed by atoms with van der Waals surface area (Å²) in [7, 11) is 2.14. The van der Waals surface area contributed by atoms with Gasteiger partial charge in [-0.2, -0.15) is 5.26 Å². The van der Waals surface area contributed by atoms with Crippen molar-refractivity contribution in [2.75, 3.05) is 46.3 Å². The third-order valence-electron chi connectivity index (χ3n) is 6.61. The van der Waals surface area contributed by atoms with Crippen LogP contribution < -0.4 is 5.32 Å². The highest BCUT2D eigenvalue weighted by Crippen LogP contribution is 2.33. The van der Waals surface area contributed by atoms with E-state index in [4.69, 9.17) is 0 Å². The van der Waals surface area contributed by atoms with Crippen LogP contribution in [0.2, 0.25) is 0 Å². The van der Waals surface area contributed by atoms with Crippen LogP contribution in [0.3, 0.4) is 0 Å². The first-order valence-electron chi connectivity index (χ1n) is 10.5. The molecule has 0 radical (unpaired) electrons. The number of piperidine rings is 1. The molecule has 1 aromatic carbocycles. The lowest BCUT2D eigenvalue weighted by Crippen LogP contribution is -2.53. The number of rotatable bonds is 4. The molecule has 3 atom stereocenters. The van der Waals surface area contributed by atoms with Crippen LogP contribution in [0.4, 0.5) is 0 Å². The average molecular weight is 392 g/mol. The molecule has 6 heteroatoms. The molecule has 6 nitrogen and oxygen atoms in total. The van der Waals surface area contributed by atoms with Crippen molar-refractivity contribution in [3.05, 3.63) is 41.6 Å². The van der Waals surface area contributed by atoms with E-state index < -0.39 is 0 Å². The Labute approximate surface area is 172 Å². The van der Waals surface area contributed by atoms with Crippen LogP contribution in [0.1, 0.15) is 30.4 Å². The molecule has 2 saturated heterocycles. The Morgan fingerprint density at radius 2 is 2.03 bits per heavy atom. The highest BCUT2D eigenvalue weighted by Gasteiger charge is 2.34. The number of fused-ring (bicyclic) bond motifs is 1. The van der Waals surface area contributed by atoms with Gasteiger partial charge in [0.05, 0.1) is 17.1 Å². The Morgan fingerprint density at radius 1 is 1.24 bits per heavy atom. The van der Waals surface area contributed by atoms with Crippen LogP contribution >= 0.6 is 0 Å². The average Bonchev–Trinajstić information content (AvgIpc) is 2.78. The number of nitrogens with one attached hydrogen (secondary N) is 1. The maximum absolute atomic E-state index is 13.3. The number of nitriles is 1. The number of hydrogen-bond donors (Lipinski definition) is 1. The van der Waals surface area contributed by atoms with Crippen molar-refractivity contribution in [2.24, 2.45) is 5.92 Å². The number of nitrogens with zero attached hydrogens (tertiary/aromatic N) is 4. The van der Waals surface area contributed by atoms with Gasteiger partial charge in [-0.3, -0.25) is 14.7 Å². The summed E-state index contributed by atoms with van der Waals surface area (Å²) in [5.74, 6) is 0.616. The van der Waals surface area contributed by atoms with Gasteiger partial charge in [-0.05, 0) is 44.0 Å². The summed E-state index contributed by atoms with van der Waals surface area (Å²) in [6.45, 7) is 7.62. The smallest absolute Gasteiger partial charge is 0.154 e. The number of piperazine rings is 1. The van der Waals surface area contributed by atoms with Crippen molar-refractivity contribution in [3.8, 4) is 6.07 Å². The number of ketones is 1. The minimum Gasteiger partial charge on any atom is -0.315 e. The van der Waals surface area contributed by atoms with Gasteiger partial charge in [-0.25, -0.2) is 0 Å². The van der Waals surface area contributed by atoms with E-state index >= 15 is 0 Å². The normalized spacial score (nSPS) is 24.9. The number of benzene rings is 1. The van der Waals surface area contributed by atoms with E-state index in [2.05, 4.69) is 40.1 Å². The van der Waals surface area contributed by atoms with E-state index in [1.165, 1.54) is 5.56 Å². The number of carbonyl (C=O) groups is 1. The summed E-state index contributed by atoms with van der Waals surface area (Å²) in [5.41, 5.74) is 2.54. The van der Waals surface area contributed by atoms with Crippen LogP contribution in [0.5, 0.6) is 0 Å². The van der Waals surface area contributed by atoms with Crippen LogP contribution in [-0.2, 0) is 4.79 Å². The van der Waals surface area contributed by atoms with Gasteiger partial charge in [0.1, 0.15) is 6.07 Å². The predicted octanol–water partition coefficient (Wildman–Crippen LogP) is 2.00. The standard InChI is InChI=1S/C23H29N5O/c1-16(28-10-8-27(2)9-11-28)23(29)19-12-18(14-25-15-19)20-6-5-17(13-24)22-21(20)4-3-7-26-22/h3-7,16,18-19,25H,8-12,14-15H2,1-2H3/t16-,18+,19+/m0/s1. The van der Waals surface area contributed by atoms with E-state index in [1.54, 1.807) is 6.20 Å². The number of aromatic nitrogens is 1. The molecular formula is C23H29N5O. The lowest BCUT2D eigenvalue weighted by Gasteiger charge is -2.38. The molecule has 2 fully saturated rings. The molecule has 0 unspecified atom stereocenters. The van der Waals surface area contributed by atoms with Gasteiger partial charge >= 0.3 is 0 Å². The van der Waals surface area contributed by atoms with E-state index in [0.717, 1.165) is 56.6 Å². The van der Waals surface area contributed by atoms with Crippen molar-refractivity contribution >= 4 is 16.7 Å². The Morgan fingerprint density at radius 3 is 2.79 bits per heavy atom. The molecule has 0 aliphatic carbocycles. The van der Waals surface area contributed by atoms with Crippen LogP contribution in [-0.4, -0.2) is 72.9 Å². The maximum atomic E-state index is 13.3. The fourth-order valence-corrected chi connectivity index (χ4v) is 4.77. The number of pyridine rings is 1. The monoisotopic (exact) mass is 391 g/mol. The molecule has 4 rings (SSSR count). The fraction of sp³-hybridized carbons (Fsp3) is 0.522. The minimum atomic E-state index is -0.0337. The zero-order chi connectivity index (χ0) is 20.4. The first kappa shape index (κ1) is 20.0. The molecule has 2 aliphatic heterocycles. The van der Waals surface area contributed by atoms with E-state index in [0.29, 0.717) is 11.3 Å². The summed E-state index contributed by atoms with van der Waals surface area (Å²) in [4.78, 5) is 22.3. The van der Waals surface area contributed by atoms with Crippen molar-refractivity contribution < 1.29 is 4.79 Å². The quantitative estimate of drug-likeness (QED) is 0.860. The lowest BCUT2D eigenvalue weighted by atomic mass is 9.80. The van der Waals surface area contributed by atoms with E-state index in [-0.39, 0.29) is 17.9 Å². The second-order valence-corrected chi connectivity index (χ2v) is 8.42. The van der Waals surface area contributed by atoms with Crippen molar-refractivity contribution in [1.29, 1.82) is 5.26 Å². The van der Waals surface area contributed by atoms with Crippen LogP contribution in [0.25, 0.3) is 10.9 Å². The predicted molar refractivity (Wildman–Crippen MR) is 114 cm³/mol. The van der Waals surface area contributed by atoms with Gasteiger partial charge in [0, 0.05) is 56.8 Å². The van der Waals surface area contributed by atoms with E-state index in [9.17, 15) is 10.1 Å². The molecule has 2 aliphatic rings. The molecule has 0 spiro atoms. The summed E-state index contributed by atoms with van der Waals surface area (Å²) >= 11 is 0. The summed E-state index contributed by atoms with van der Waals surface area (Å²) < 4.78 is 0. The van der Waals surface area contributed by atoms with Crippen molar-refractivity contribution in [2.45, 2.75) is 25.3 Å². The highest BCUT2D eigenvalue weighted by molar-refractivity contribution is 5.88. The van der Waals surface area contributed by atoms with Crippen LogP contribution in [0, 0.1) is 17.2 Å². The third kappa shape index (κ3) is 4.04. The molecule has 2 aromatic rings. The number of Topliss-reactive ketones (excluding diaryl/α,β-unsaturated/α-hetero) is 1. The zero-order valence-electron chi connectivity index (χ0n) is 17.3. The SMILES string of the molecule is C[C@@H](C(=O)[C@H]1CNC[C@H](c2ccc(C#N)c3ncccc23)C1)N1CCN(C)CC1. The molecule has 1 aromatic heterocycles. The topological polar surface area (TPSA) is 72.3 Å². The zero-order valence-corrected chi connectivity index (χ0v) is 17.3. The second-order valence-electron chi connectivity index (χ2n) is 8.42. The number of likely N-dealkylation sites (N-methyl/N-ethyl adjacent to an activating group) is 1. The summed E-state index contributed by atoms with van der Waals surface area (Å²) in [6, 6.07) is 10.1. The number of hydrogen-bond acceptors (Lipinski definition) is 6. The largest absolute Gasteiger partial charge is 0.315 e.